The summed E-state index contributed by atoms with van der Waals surface area (Å²) in [5.41, 5.74) is 1.69. The Morgan fingerprint density at radius 1 is 1.09 bits per heavy atom. The largest absolute Gasteiger partial charge is 0.496 e. The van der Waals surface area contributed by atoms with Crippen molar-refractivity contribution in [2.75, 3.05) is 33.4 Å². The van der Waals surface area contributed by atoms with E-state index in [4.69, 9.17) is 21.1 Å². The second kappa shape index (κ2) is 11.9. The third-order valence-electron chi connectivity index (χ3n) is 6.17. The van der Waals surface area contributed by atoms with Crippen molar-refractivity contribution in [3.63, 3.8) is 0 Å². The van der Waals surface area contributed by atoms with Crippen molar-refractivity contribution in [3.05, 3.63) is 89.2 Å². The minimum Gasteiger partial charge on any atom is -0.496 e. The first kappa shape index (κ1) is 24.0. The molecule has 1 saturated heterocycles. The van der Waals surface area contributed by atoms with Gasteiger partial charge in [0.05, 0.1) is 18.8 Å². The summed E-state index contributed by atoms with van der Waals surface area (Å²) in [5, 5.41) is 3.94. The molecule has 1 atom stereocenters. The van der Waals surface area contributed by atoms with Gasteiger partial charge in [-0.2, -0.15) is 0 Å². The zero-order valence-electron chi connectivity index (χ0n) is 19.3. The second-order valence-electron chi connectivity index (χ2n) is 8.36. The topological polar surface area (TPSA) is 63.7 Å². The molecule has 1 unspecified atom stereocenters. The van der Waals surface area contributed by atoms with Crippen molar-refractivity contribution in [2.24, 2.45) is 5.92 Å². The lowest BCUT2D eigenvalue weighted by molar-refractivity contribution is -0.127. The first-order valence-electron chi connectivity index (χ1n) is 11.6. The van der Waals surface area contributed by atoms with Gasteiger partial charge < -0.3 is 14.8 Å². The number of ether oxygens (including phenoxy) is 2. The molecule has 1 amide bonds. The van der Waals surface area contributed by atoms with Crippen LogP contribution >= 0.6 is 11.6 Å². The summed E-state index contributed by atoms with van der Waals surface area (Å²) < 4.78 is 11.4. The van der Waals surface area contributed by atoms with E-state index in [1.165, 1.54) is 0 Å². The zero-order valence-corrected chi connectivity index (χ0v) is 20.1. The molecule has 7 heteroatoms. The number of amides is 1. The number of rotatable bonds is 9. The zero-order chi connectivity index (χ0) is 23.8. The van der Waals surface area contributed by atoms with E-state index in [0.717, 1.165) is 55.2 Å². The molecule has 1 aliphatic heterocycles. The molecule has 1 aromatic heterocycles. The first-order valence-corrected chi connectivity index (χ1v) is 12.0. The van der Waals surface area contributed by atoms with Gasteiger partial charge in [0.15, 0.2) is 0 Å². The monoisotopic (exact) mass is 479 g/mol. The van der Waals surface area contributed by atoms with Crippen LogP contribution < -0.4 is 14.8 Å². The number of likely N-dealkylation sites (tertiary alicyclic amines) is 1. The Hall–Kier alpha value is -3.09. The molecule has 34 heavy (non-hydrogen) atoms. The molecule has 6 nitrogen and oxygen atoms in total. The molecule has 2 heterocycles. The van der Waals surface area contributed by atoms with Crippen LogP contribution in [0.25, 0.3) is 0 Å². The Bertz CT molecular complexity index is 1050. The van der Waals surface area contributed by atoms with Gasteiger partial charge in [-0.3, -0.25) is 14.7 Å². The van der Waals surface area contributed by atoms with Gasteiger partial charge in [0, 0.05) is 29.2 Å². The molecule has 0 saturated carbocycles. The highest BCUT2D eigenvalue weighted by Crippen LogP contribution is 2.30. The van der Waals surface area contributed by atoms with E-state index in [1.54, 1.807) is 13.3 Å². The van der Waals surface area contributed by atoms with Crippen LogP contribution in [0.15, 0.2) is 72.9 Å². The molecule has 2 aromatic carbocycles. The maximum atomic E-state index is 13.3. The molecule has 178 valence electrons. The van der Waals surface area contributed by atoms with Crippen LogP contribution in [0.3, 0.4) is 0 Å². The summed E-state index contributed by atoms with van der Waals surface area (Å²) in [4.78, 5) is 20.1. The van der Waals surface area contributed by atoms with Gasteiger partial charge in [-0.05, 0) is 68.4 Å². The Labute approximate surface area is 205 Å². The number of benzene rings is 2. The molecule has 0 spiro atoms. The summed E-state index contributed by atoms with van der Waals surface area (Å²) in [6, 6.07) is 20.5. The number of carbonyl (C=O) groups is 1. The summed E-state index contributed by atoms with van der Waals surface area (Å²) in [6.07, 6.45) is 3.37. The quantitative estimate of drug-likeness (QED) is 0.480. The van der Waals surface area contributed by atoms with Gasteiger partial charge in [0.25, 0.3) is 0 Å². The first-order chi connectivity index (χ1) is 16.6. The van der Waals surface area contributed by atoms with E-state index in [0.29, 0.717) is 11.6 Å². The summed E-state index contributed by atoms with van der Waals surface area (Å²) in [7, 11) is 1.64. The number of methoxy groups -OCH3 is 1. The molecular weight excluding hydrogens is 450 g/mol. The normalized spacial score (nSPS) is 15.5. The molecule has 0 radical (unpaired) electrons. The van der Waals surface area contributed by atoms with Crippen LogP contribution in [0.5, 0.6) is 11.5 Å². The van der Waals surface area contributed by atoms with Crippen LogP contribution in [0.2, 0.25) is 5.02 Å². The highest BCUT2D eigenvalue weighted by Gasteiger charge is 2.28. The molecule has 1 aliphatic rings. The van der Waals surface area contributed by atoms with E-state index in [-0.39, 0.29) is 17.9 Å². The lowest BCUT2D eigenvalue weighted by Crippen LogP contribution is -2.43. The summed E-state index contributed by atoms with van der Waals surface area (Å²) >= 11 is 5.92. The van der Waals surface area contributed by atoms with Crippen LogP contribution in [-0.2, 0) is 4.79 Å². The highest BCUT2D eigenvalue weighted by atomic mass is 35.5. The minimum absolute atomic E-state index is 0.0330. The molecule has 4 rings (SSSR count). The standard InChI is InChI=1S/C27H30ClN3O3/c1-33-25-8-3-2-6-23(25)26(24-7-4-5-15-29-24)30-27(32)20-13-16-31(17-14-20)18-19-34-22-11-9-21(28)10-12-22/h2-12,15,20,26H,13-14,16-19H2,1H3,(H,30,32). The Morgan fingerprint density at radius 3 is 2.53 bits per heavy atom. The number of carbonyl (C=O) groups excluding carboxylic acids is 1. The number of hydrogen-bond acceptors (Lipinski definition) is 5. The predicted octanol–water partition coefficient (Wildman–Crippen LogP) is 4.74. The number of piperidine rings is 1. The number of nitrogens with one attached hydrogen (secondary N) is 1. The average molecular weight is 480 g/mol. The fraction of sp³-hybridized carbons (Fsp3) is 0.333. The van der Waals surface area contributed by atoms with Crippen molar-refractivity contribution in [1.29, 1.82) is 0 Å². The third kappa shape index (κ3) is 6.27. The van der Waals surface area contributed by atoms with Crippen molar-refractivity contribution >= 4 is 17.5 Å². The molecule has 1 N–H and O–H groups in total. The van der Waals surface area contributed by atoms with Crippen LogP contribution in [0.4, 0.5) is 0 Å². The SMILES string of the molecule is COc1ccccc1C(NC(=O)C1CCN(CCOc2ccc(Cl)cc2)CC1)c1ccccn1. The lowest BCUT2D eigenvalue weighted by atomic mass is 9.94. The number of halogens is 1. The van der Waals surface area contributed by atoms with Gasteiger partial charge in [0.2, 0.25) is 5.91 Å². The van der Waals surface area contributed by atoms with Crippen molar-refractivity contribution in [1.82, 2.24) is 15.2 Å². The van der Waals surface area contributed by atoms with Crippen LogP contribution in [0, 0.1) is 5.92 Å². The van der Waals surface area contributed by atoms with Crippen molar-refractivity contribution < 1.29 is 14.3 Å². The highest BCUT2D eigenvalue weighted by molar-refractivity contribution is 6.30. The van der Waals surface area contributed by atoms with Gasteiger partial charge in [-0.15, -0.1) is 0 Å². The number of pyridine rings is 1. The fourth-order valence-electron chi connectivity index (χ4n) is 4.26. The molecule has 3 aromatic rings. The lowest BCUT2D eigenvalue weighted by Gasteiger charge is -2.32. The molecule has 0 aliphatic carbocycles. The van der Waals surface area contributed by atoms with E-state index in [1.807, 2.05) is 66.7 Å². The van der Waals surface area contributed by atoms with Gasteiger partial charge >= 0.3 is 0 Å². The van der Waals surface area contributed by atoms with E-state index in [2.05, 4.69) is 15.2 Å². The second-order valence-corrected chi connectivity index (χ2v) is 8.79. The third-order valence-corrected chi connectivity index (χ3v) is 6.42. The number of hydrogen-bond donors (Lipinski definition) is 1. The molecule has 0 bridgehead atoms. The van der Waals surface area contributed by atoms with Crippen molar-refractivity contribution in [3.8, 4) is 11.5 Å². The van der Waals surface area contributed by atoms with Gasteiger partial charge in [-0.25, -0.2) is 0 Å². The van der Waals surface area contributed by atoms with E-state index in [9.17, 15) is 4.79 Å². The maximum Gasteiger partial charge on any atom is 0.224 e. The van der Waals surface area contributed by atoms with Gasteiger partial charge in [-0.1, -0.05) is 35.9 Å². The fourth-order valence-corrected chi connectivity index (χ4v) is 4.39. The molecule has 1 fully saturated rings. The smallest absolute Gasteiger partial charge is 0.224 e. The number of aromatic nitrogens is 1. The van der Waals surface area contributed by atoms with Crippen LogP contribution in [0.1, 0.15) is 30.1 Å². The average Bonchev–Trinajstić information content (AvgIpc) is 2.89. The maximum absolute atomic E-state index is 13.3. The predicted molar refractivity (Wildman–Crippen MR) is 133 cm³/mol. The number of nitrogens with zero attached hydrogens (tertiary/aromatic N) is 2. The van der Waals surface area contributed by atoms with E-state index < -0.39 is 0 Å². The Morgan fingerprint density at radius 2 is 1.82 bits per heavy atom. The Kier molecular flexibility index (Phi) is 8.39. The van der Waals surface area contributed by atoms with E-state index >= 15 is 0 Å². The minimum atomic E-state index is -0.365. The van der Waals surface area contributed by atoms with Crippen molar-refractivity contribution in [2.45, 2.75) is 18.9 Å². The van der Waals surface area contributed by atoms with Crippen LogP contribution in [-0.4, -0.2) is 49.1 Å². The summed E-state index contributed by atoms with van der Waals surface area (Å²) in [6.45, 7) is 3.17. The Balaban J connectivity index is 1.32. The van der Waals surface area contributed by atoms with Gasteiger partial charge in [0.1, 0.15) is 18.1 Å². The summed E-state index contributed by atoms with van der Waals surface area (Å²) in [5.74, 6) is 1.57. The number of para-hydroxylation sites is 1. The molecular formula is C27H30ClN3O3.